The van der Waals surface area contributed by atoms with Gasteiger partial charge in [0.25, 0.3) is 0 Å². The van der Waals surface area contributed by atoms with Crippen molar-refractivity contribution < 1.29 is 31.8 Å². The van der Waals surface area contributed by atoms with Gasteiger partial charge in [-0.1, -0.05) is 12.8 Å². The van der Waals surface area contributed by atoms with Crippen LogP contribution in [-0.4, -0.2) is 19.6 Å². The Morgan fingerprint density at radius 3 is 2.22 bits per heavy atom. The molecule has 128 valence electrons. The maximum Gasteiger partial charge on any atom is 0.573 e. The summed E-state index contributed by atoms with van der Waals surface area (Å²) in [5.41, 5.74) is 0. The van der Waals surface area contributed by atoms with Gasteiger partial charge in [-0.3, -0.25) is 0 Å². The summed E-state index contributed by atoms with van der Waals surface area (Å²) in [6.45, 7) is 0.533. The highest BCUT2D eigenvalue weighted by Crippen LogP contribution is 2.41. The average molecular weight is 334 g/mol. The molecule has 0 aromatic heterocycles. The van der Waals surface area contributed by atoms with Gasteiger partial charge in [0.2, 0.25) is 11.6 Å². The summed E-state index contributed by atoms with van der Waals surface area (Å²) in [4.78, 5) is 0. The number of halogens is 4. The molecule has 2 aliphatic carbocycles. The van der Waals surface area contributed by atoms with E-state index in [0.29, 0.717) is 18.4 Å². The van der Waals surface area contributed by atoms with E-state index in [-0.39, 0.29) is 18.1 Å². The normalized spacial score (nSPS) is 17.9. The van der Waals surface area contributed by atoms with Crippen molar-refractivity contribution in [1.29, 1.82) is 0 Å². The molecular weight excluding hydrogens is 316 g/mol. The van der Waals surface area contributed by atoms with Gasteiger partial charge in [0, 0.05) is 0 Å². The second-order valence-corrected chi connectivity index (χ2v) is 6.09. The van der Waals surface area contributed by atoms with Crippen molar-refractivity contribution in [3.05, 3.63) is 17.9 Å². The Hall–Kier alpha value is -1.66. The maximum atomic E-state index is 14.3. The van der Waals surface area contributed by atoms with Crippen LogP contribution in [0.15, 0.2) is 12.1 Å². The molecule has 3 nitrogen and oxygen atoms in total. The molecule has 0 spiro atoms. The van der Waals surface area contributed by atoms with Gasteiger partial charge in [-0.05, 0) is 43.2 Å². The first-order chi connectivity index (χ1) is 10.9. The lowest BCUT2D eigenvalue weighted by Crippen LogP contribution is -2.19. The van der Waals surface area contributed by atoms with Crippen LogP contribution in [0.2, 0.25) is 0 Å². The van der Waals surface area contributed by atoms with E-state index < -0.39 is 17.9 Å². The predicted octanol–water partition coefficient (Wildman–Crippen LogP) is 4.69. The molecule has 0 unspecified atom stereocenters. The zero-order valence-electron chi connectivity index (χ0n) is 12.5. The smallest absolute Gasteiger partial charge is 0.490 e. The Labute approximate surface area is 131 Å². The molecule has 0 aliphatic heterocycles. The summed E-state index contributed by atoms with van der Waals surface area (Å²) >= 11 is 0. The van der Waals surface area contributed by atoms with E-state index in [2.05, 4.69) is 4.74 Å². The lowest BCUT2D eigenvalue weighted by molar-refractivity contribution is -0.276. The molecule has 1 aromatic rings. The molecule has 3 rings (SSSR count). The number of rotatable bonds is 8. The first kappa shape index (κ1) is 16.2. The molecule has 0 bridgehead atoms. The highest BCUT2D eigenvalue weighted by Gasteiger charge is 2.35. The SMILES string of the molecule is Fc1c(OCC2CC2)ccc(OCCC2CC2)c1OC(F)(F)F. The fourth-order valence-electron chi connectivity index (χ4n) is 2.19. The van der Waals surface area contributed by atoms with Crippen LogP contribution in [0.3, 0.4) is 0 Å². The third kappa shape index (κ3) is 4.91. The summed E-state index contributed by atoms with van der Waals surface area (Å²) in [6.07, 6.45) is -0.0432. The van der Waals surface area contributed by atoms with Crippen LogP contribution in [-0.2, 0) is 0 Å². The molecule has 2 fully saturated rings. The minimum atomic E-state index is -5.00. The lowest BCUT2D eigenvalue weighted by Gasteiger charge is -2.17. The van der Waals surface area contributed by atoms with Crippen LogP contribution in [0, 0.1) is 17.7 Å². The monoisotopic (exact) mass is 334 g/mol. The number of alkyl halides is 3. The van der Waals surface area contributed by atoms with Crippen molar-refractivity contribution in [1.82, 2.24) is 0 Å². The van der Waals surface area contributed by atoms with E-state index in [1.54, 1.807) is 0 Å². The zero-order valence-corrected chi connectivity index (χ0v) is 12.5. The number of hydrogen-bond acceptors (Lipinski definition) is 3. The molecule has 0 heterocycles. The molecule has 0 amide bonds. The van der Waals surface area contributed by atoms with Crippen LogP contribution in [0.25, 0.3) is 0 Å². The van der Waals surface area contributed by atoms with Gasteiger partial charge < -0.3 is 14.2 Å². The van der Waals surface area contributed by atoms with Gasteiger partial charge in [0.05, 0.1) is 13.2 Å². The van der Waals surface area contributed by atoms with Gasteiger partial charge in [0.15, 0.2) is 11.5 Å². The van der Waals surface area contributed by atoms with Crippen molar-refractivity contribution in [2.45, 2.75) is 38.5 Å². The largest absolute Gasteiger partial charge is 0.573 e. The van der Waals surface area contributed by atoms with Gasteiger partial charge in [-0.25, -0.2) is 0 Å². The van der Waals surface area contributed by atoms with Gasteiger partial charge in [-0.2, -0.15) is 4.39 Å². The maximum absolute atomic E-state index is 14.3. The summed E-state index contributed by atoms with van der Waals surface area (Å²) in [5.74, 6) is -1.71. The first-order valence-corrected chi connectivity index (χ1v) is 7.76. The molecule has 2 aliphatic rings. The van der Waals surface area contributed by atoms with Crippen LogP contribution in [0.5, 0.6) is 17.2 Å². The minimum Gasteiger partial charge on any atom is -0.490 e. The second kappa shape index (κ2) is 6.45. The van der Waals surface area contributed by atoms with Crippen molar-refractivity contribution in [3.8, 4) is 17.2 Å². The molecule has 0 atom stereocenters. The first-order valence-electron chi connectivity index (χ1n) is 7.76. The van der Waals surface area contributed by atoms with Gasteiger partial charge in [-0.15, -0.1) is 13.2 Å². The molecular formula is C16H18F4O3. The van der Waals surface area contributed by atoms with Crippen molar-refractivity contribution in [2.75, 3.05) is 13.2 Å². The van der Waals surface area contributed by atoms with E-state index in [1.807, 2.05) is 0 Å². The minimum absolute atomic E-state index is 0.237. The van der Waals surface area contributed by atoms with Crippen LogP contribution in [0.4, 0.5) is 17.6 Å². The summed E-state index contributed by atoms with van der Waals surface area (Å²) < 4.78 is 66.3. The summed E-state index contributed by atoms with van der Waals surface area (Å²) in [7, 11) is 0. The summed E-state index contributed by atoms with van der Waals surface area (Å²) in [6, 6.07) is 2.55. The van der Waals surface area contributed by atoms with Gasteiger partial charge >= 0.3 is 6.36 Å². The van der Waals surface area contributed by atoms with E-state index in [4.69, 9.17) is 9.47 Å². The Morgan fingerprint density at radius 1 is 0.957 bits per heavy atom. The molecule has 23 heavy (non-hydrogen) atoms. The highest BCUT2D eigenvalue weighted by atomic mass is 19.4. The highest BCUT2D eigenvalue weighted by molar-refractivity contribution is 5.47. The standard InChI is InChI=1S/C16H18F4O3/c17-14-12(22-9-11-3-4-11)5-6-13(15(14)23-16(18,19)20)21-8-7-10-1-2-10/h5-6,10-11H,1-4,7-9H2. The fourth-order valence-corrected chi connectivity index (χ4v) is 2.19. The van der Waals surface area contributed by atoms with Crippen LogP contribution >= 0.6 is 0 Å². The Morgan fingerprint density at radius 2 is 1.61 bits per heavy atom. The van der Waals surface area contributed by atoms with E-state index >= 15 is 0 Å². The van der Waals surface area contributed by atoms with Crippen LogP contribution < -0.4 is 14.2 Å². The third-order valence-corrected chi connectivity index (χ3v) is 3.90. The zero-order chi connectivity index (χ0) is 16.4. The molecule has 0 radical (unpaired) electrons. The van der Waals surface area contributed by atoms with E-state index in [1.165, 1.54) is 12.1 Å². The van der Waals surface area contributed by atoms with Crippen molar-refractivity contribution in [3.63, 3.8) is 0 Å². The molecule has 0 N–H and O–H groups in total. The van der Waals surface area contributed by atoms with Crippen LogP contribution in [0.1, 0.15) is 32.1 Å². The van der Waals surface area contributed by atoms with Crippen molar-refractivity contribution >= 4 is 0 Å². The Kier molecular flexibility index (Phi) is 4.55. The fraction of sp³-hybridized carbons (Fsp3) is 0.625. The Bertz CT molecular complexity index is 551. The van der Waals surface area contributed by atoms with E-state index in [0.717, 1.165) is 32.1 Å². The Balaban J connectivity index is 1.73. The average Bonchev–Trinajstić information content (AvgIpc) is 3.34. The number of hydrogen-bond donors (Lipinski definition) is 0. The lowest BCUT2D eigenvalue weighted by atomic mass is 10.2. The molecule has 0 saturated heterocycles. The molecule has 2 saturated carbocycles. The van der Waals surface area contributed by atoms with E-state index in [9.17, 15) is 17.6 Å². The predicted molar refractivity (Wildman–Crippen MR) is 74.1 cm³/mol. The quantitative estimate of drug-likeness (QED) is 0.646. The third-order valence-electron chi connectivity index (χ3n) is 3.90. The van der Waals surface area contributed by atoms with Crippen molar-refractivity contribution in [2.24, 2.45) is 11.8 Å². The summed E-state index contributed by atoms with van der Waals surface area (Å²) in [5, 5.41) is 0. The molecule has 1 aromatic carbocycles. The number of ether oxygens (including phenoxy) is 3. The number of benzene rings is 1. The molecule has 7 heteroatoms. The topological polar surface area (TPSA) is 27.7 Å². The van der Waals surface area contributed by atoms with Gasteiger partial charge in [0.1, 0.15) is 0 Å². The second-order valence-electron chi connectivity index (χ2n) is 6.09.